The Balaban J connectivity index is 2.99. The molecular weight excluding hydrogens is 275 g/mol. The molecule has 0 radical (unpaired) electrons. The number of hydrogen-bond acceptors (Lipinski definition) is 3. The number of hydrogen-bond donors (Lipinski definition) is 0. The van der Waals surface area contributed by atoms with Crippen molar-refractivity contribution in [2.24, 2.45) is 0 Å². The van der Waals surface area contributed by atoms with Crippen molar-refractivity contribution in [2.45, 2.75) is 11.8 Å². The van der Waals surface area contributed by atoms with Crippen LogP contribution in [0.15, 0.2) is 23.1 Å². The Morgan fingerprint density at radius 1 is 1.33 bits per heavy atom. The van der Waals surface area contributed by atoms with Crippen LogP contribution in [-0.4, -0.2) is 8.42 Å². The highest BCUT2D eigenvalue weighted by atomic mass is 35.7. The van der Waals surface area contributed by atoms with E-state index in [1.165, 1.54) is 11.3 Å². The van der Waals surface area contributed by atoms with Crippen LogP contribution in [0.2, 0.25) is 5.02 Å². The molecule has 15 heavy (non-hydrogen) atoms. The van der Waals surface area contributed by atoms with Crippen molar-refractivity contribution >= 4 is 52.8 Å². The number of fused-ring (bicyclic) bond motifs is 1. The van der Waals surface area contributed by atoms with E-state index < -0.39 is 9.05 Å². The van der Waals surface area contributed by atoms with Gasteiger partial charge >= 0.3 is 0 Å². The molecule has 6 heteroatoms. The van der Waals surface area contributed by atoms with Crippen molar-refractivity contribution in [1.29, 1.82) is 0 Å². The number of halogens is 2. The first kappa shape index (κ1) is 11.2. The average molecular weight is 281 g/mol. The van der Waals surface area contributed by atoms with Gasteiger partial charge in [0.2, 0.25) is 0 Å². The van der Waals surface area contributed by atoms with E-state index in [1.54, 1.807) is 25.1 Å². The fourth-order valence-corrected chi connectivity index (χ4v) is 4.76. The lowest BCUT2D eigenvalue weighted by Crippen LogP contribution is -1.90. The lowest BCUT2D eigenvalue weighted by molar-refractivity contribution is 0.610. The maximum absolute atomic E-state index is 11.4. The van der Waals surface area contributed by atoms with E-state index in [4.69, 9.17) is 22.3 Å². The van der Waals surface area contributed by atoms with Crippen LogP contribution < -0.4 is 0 Å². The molecule has 0 aliphatic heterocycles. The van der Waals surface area contributed by atoms with Crippen LogP contribution in [0.4, 0.5) is 0 Å². The van der Waals surface area contributed by atoms with E-state index in [1.807, 2.05) is 0 Å². The van der Waals surface area contributed by atoms with Crippen molar-refractivity contribution in [1.82, 2.24) is 0 Å². The van der Waals surface area contributed by atoms with Gasteiger partial charge in [0.05, 0.1) is 9.72 Å². The zero-order chi connectivity index (χ0) is 11.2. The monoisotopic (exact) mass is 280 g/mol. The van der Waals surface area contributed by atoms with Crippen LogP contribution in [0.3, 0.4) is 0 Å². The van der Waals surface area contributed by atoms with Gasteiger partial charge in [-0.05, 0) is 13.0 Å². The lowest BCUT2D eigenvalue weighted by Gasteiger charge is -1.95. The molecule has 1 aromatic heterocycles. The summed E-state index contributed by atoms with van der Waals surface area (Å²) in [6, 6.07) is 5.15. The van der Waals surface area contributed by atoms with Crippen LogP contribution in [0.1, 0.15) is 4.88 Å². The molecule has 0 atom stereocenters. The molecule has 1 aromatic carbocycles. The third-order valence-corrected chi connectivity index (χ3v) is 5.22. The Kier molecular flexibility index (Phi) is 2.71. The van der Waals surface area contributed by atoms with E-state index >= 15 is 0 Å². The topological polar surface area (TPSA) is 34.1 Å². The summed E-state index contributed by atoms with van der Waals surface area (Å²) in [6.45, 7) is 1.72. The molecule has 0 amide bonds. The van der Waals surface area contributed by atoms with Gasteiger partial charge in [-0.3, -0.25) is 0 Å². The standard InChI is InChI=1S/C9H6Cl2O2S2/c1-5-9(15(11,12)13)6-3-2-4-7(10)8(6)14-5/h2-4H,1H3. The molecule has 0 fully saturated rings. The maximum Gasteiger partial charge on any atom is 0.263 e. The molecular formula is C9H6Cl2O2S2. The lowest BCUT2D eigenvalue weighted by atomic mass is 10.2. The maximum atomic E-state index is 11.4. The van der Waals surface area contributed by atoms with Gasteiger partial charge in [0.1, 0.15) is 4.90 Å². The first-order valence-corrected chi connectivity index (χ1v) is 7.54. The summed E-state index contributed by atoms with van der Waals surface area (Å²) in [5.41, 5.74) is 0. The summed E-state index contributed by atoms with van der Waals surface area (Å²) in [7, 11) is 1.66. The Morgan fingerprint density at radius 3 is 2.60 bits per heavy atom. The molecule has 2 rings (SSSR count). The predicted octanol–water partition coefficient (Wildman–Crippen LogP) is 3.79. The van der Waals surface area contributed by atoms with Crippen LogP contribution in [-0.2, 0) is 9.05 Å². The number of thiophene rings is 1. The molecule has 0 spiro atoms. The van der Waals surface area contributed by atoms with Crippen molar-refractivity contribution in [2.75, 3.05) is 0 Å². The zero-order valence-electron chi connectivity index (χ0n) is 7.62. The number of rotatable bonds is 1. The largest absolute Gasteiger partial charge is 0.263 e. The summed E-state index contributed by atoms with van der Waals surface area (Å²) in [6.07, 6.45) is 0. The molecule has 0 bridgehead atoms. The van der Waals surface area contributed by atoms with Gasteiger partial charge < -0.3 is 0 Å². The fourth-order valence-electron chi connectivity index (χ4n) is 1.48. The summed E-state index contributed by atoms with van der Waals surface area (Å²) < 4.78 is 23.5. The molecule has 2 nitrogen and oxygen atoms in total. The van der Waals surface area contributed by atoms with E-state index in [-0.39, 0.29) is 4.90 Å². The van der Waals surface area contributed by atoms with E-state index in [0.717, 1.165) is 4.70 Å². The normalized spacial score (nSPS) is 12.2. The summed E-state index contributed by atoms with van der Waals surface area (Å²) >= 11 is 7.30. The number of benzene rings is 1. The predicted molar refractivity (Wildman–Crippen MR) is 64.6 cm³/mol. The van der Waals surface area contributed by atoms with Crippen LogP contribution in [0.5, 0.6) is 0 Å². The first-order valence-electron chi connectivity index (χ1n) is 4.03. The summed E-state index contributed by atoms with van der Waals surface area (Å²) in [4.78, 5) is 0.833. The van der Waals surface area contributed by atoms with Gasteiger partial charge in [-0.25, -0.2) is 8.42 Å². The van der Waals surface area contributed by atoms with Gasteiger partial charge in [0.25, 0.3) is 9.05 Å². The molecule has 0 aliphatic rings. The van der Waals surface area contributed by atoms with Crippen molar-refractivity contribution < 1.29 is 8.42 Å². The molecule has 0 N–H and O–H groups in total. The minimum atomic E-state index is -3.71. The Labute approximate surface area is 101 Å². The van der Waals surface area contributed by atoms with Gasteiger partial charge in [-0.1, -0.05) is 23.7 Å². The highest BCUT2D eigenvalue weighted by Crippen LogP contribution is 2.39. The Hall–Kier alpha value is -0.290. The van der Waals surface area contributed by atoms with E-state index in [0.29, 0.717) is 15.3 Å². The minimum Gasteiger partial charge on any atom is -0.207 e. The second-order valence-corrected chi connectivity index (χ2v) is 7.18. The Morgan fingerprint density at radius 2 is 2.00 bits per heavy atom. The van der Waals surface area contributed by atoms with Crippen LogP contribution in [0.25, 0.3) is 10.1 Å². The summed E-state index contributed by atoms with van der Waals surface area (Å²) in [5.74, 6) is 0. The van der Waals surface area contributed by atoms with Gasteiger partial charge in [-0.2, -0.15) is 0 Å². The molecule has 0 saturated heterocycles. The Bertz CT molecular complexity index is 629. The summed E-state index contributed by atoms with van der Waals surface area (Å²) in [5, 5.41) is 1.15. The fraction of sp³-hybridized carbons (Fsp3) is 0.111. The average Bonchev–Trinajstić information content (AvgIpc) is 2.41. The quantitative estimate of drug-likeness (QED) is 0.745. The van der Waals surface area contributed by atoms with Crippen LogP contribution in [0, 0.1) is 6.92 Å². The van der Waals surface area contributed by atoms with Gasteiger partial charge in [0.15, 0.2) is 0 Å². The highest BCUT2D eigenvalue weighted by molar-refractivity contribution is 8.14. The molecule has 80 valence electrons. The SMILES string of the molecule is Cc1sc2c(Cl)cccc2c1S(=O)(=O)Cl. The second-order valence-electron chi connectivity index (χ2n) is 3.04. The van der Waals surface area contributed by atoms with Gasteiger partial charge in [-0.15, -0.1) is 11.3 Å². The molecule has 1 heterocycles. The highest BCUT2D eigenvalue weighted by Gasteiger charge is 2.20. The zero-order valence-corrected chi connectivity index (χ0v) is 10.8. The van der Waals surface area contributed by atoms with E-state index in [2.05, 4.69) is 0 Å². The third-order valence-electron chi connectivity index (χ3n) is 2.03. The molecule has 0 saturated carbocycles. The van der Waals surface area contributed by atoms with Gasteiger partial charge in [0, 0.05) is 20.9 Å². The molecule has 0 aliphatic carbocycles. The second kappa shape index (κ2) is 3.63. The van der Waals surface area contributed by atoms with Crippen molar-refractivity contribution in [3.63, 3.8) is 0 Å². The smallest absolute Gasteiger partial charge is 0.207 e. The first-order chi connectivity index (χ1) is 6.91. The molecule has 2 aromatic rings. The third kappa shape index (κ3) is 1.87. The van der Waals surface area contributed by atoms with Crippen molar-refractivity contribution in [3.8, 4) is 0 Å². The number of aryl methyl sites for hydroxylation is 1. The van der Waals surface area contributed by atoms with E-state index in [9.17, 15) is 8.42 Å². The van der Waals surface area contributed by atoms with Crippen molar-refractivity contribution in [3.05, 3.63) is 28.1 Å². The van der Waals surface area contributed by atoms with Crippen LogP contribution >= 0.6 is 33.6 Å². The molecule has 0 unspecified atom stereocenters. The minimum absolute atomic E-state index is 0.173.